The molecule has 1 saturated heterocycles. The Hall–Kier alpha value is -0.320. The number of fused-ring (bicyclic) bond motifs is 2. The summed E-state index contributed by atoms with van der Waals surface area (Å²) in [7, 11) is 6.79. The minimum atomic E-state index is -1.55. The zero-order chi connectivity index (χ0) is 23.6. The zero-order valence-electron chi connectivity index (χ0n) is 20.6. The van der Waals surface area contributed by atoms with Crippen LogP contribution in [0.25, 0.3) is 0 Å². The molecule has 1 spiro atoms. The highest BCUT2D eigenvalue weighted by Crippen LogP contribution is 2.80. The van der Waals surface area contributed by atoms with E-state index in [1.165, 1.54) is 0 Å². The van der Waals surface area contributed by atoms with Crippen LogP contribution in [0.4, 0.5) is 0 Å². The van der Waals surface area contributed by atoms with E-state index < -0.39 is 28.8 Å². The van der Waals surface area contributed by atoms with Crippen LogP contribution in [-0.4, -0.2) is 110 Å². The molecule has 8 heteroatoms. The van der Waals surface area contributed by atoms with E-state index in [0.29, 0.717) is 19.4 Å². The van der Waals surface area contributed by atoms with Gasteiger partial charge in [-0.1, -0.05) is 6.92 Å². The number of hydrogen-bond donors (Lipinski definition) is 3. The number of likely N-dealkylation sites (tertiary alicyclic amines) is 1. The summed E-state index contributed by atoms with van der Waals surface area (Å²) >= 11 is 0. The molecule has 1 unspecified atom stereocenters. The van der Waals surface area contributed by atoms with Gasteiger partial charge in [-0.05, 0) is 31.7 Å². The van der Waals surface area contributed by atoms with Crippen LogP contribution < -0.4 is 0 Å². The highest BCUT2D eigenvalue weighted by Gasteiger charge is 2.91. The highest BCUT2D eigenvalue weighted by molar-refractivity contribution is 5.41. The lowest BCUT2D eigenvalue weighted by Gasteiger charge is -2.69. The molecule has 0 aromatic rings. The molecule has 1 heterocycles. The average Bonchev–Trinajstić information content (AvgIpc) is 3.22. The molecule has 5 aliphatic carbocycles. The van der Waals surface area contributed by atoms with Gasteiger partial charge in [0.1, 0.15) is 11.2 Å². The van der Waals surface area contributed by atoms with Gasteiger partial charge in [0.2, 0.25) is 0 Å². The molecule has 3 N–H and O–H groups in total. The Morgan fingerprint density at radius 1 is 1.06 bits per heavy atom. The molecule has 0 radical (unpaired) electrons. The lowest BCUT2D eigenvalue weighted by atomic mass is 9.42. The van der Waals surface area contributed by atoms with Gasteiger partial charge in [-0.15, -0.1) is 0 Å². The van der Waals surface area contributed by atoms with Gasteiger partial charge in [-0.3, -0.25) is 4.90 Å². The maximum atomic E-state index is 12.9. The van der Waals surface area contributed by atoms with Crippen LogP contribution in [-0.2, 0) is 18.9 Å². The minimum absolute atomic E-state index is 0.00825. The molecule has 6 aliphatic rings. The Bertz CT molecular complexity index is 814. The van der Waals surface area contributed by atoms with Gasteiger partial charge in [0.25, 0.3) is 0 Å². The lowest BCUT2D eigenvalue weighted by molar-refractivity contribution is -0.318. The molecule has 188 valence electrons. The lowest BCUT2D eigenvalue weighted by Crippen LogP contribution is -2.82. The SMILES string of the molecule is CCN1C[C@@]2(COC)CC[C@@H](O)[C@@]34C1[C@](O)([C@H](OC)[C@@H]23)[C@]1(O)C[C@@H](OC)[C@@H]2C[C@H]4[C@H]1[C@@H]2OC. The van der Waals surface area contributed by atoms with Crippen molar-refractivity contribution >= 4 is 0 Å². The summed E-state index contributed by atoms with van der Waals surface area (Å²) < 4.78 is 24.0. The van der Waals surface area contributed by atoms with Gasteiger partial charge in [-0.25, -0.2) is 0 Å². The molecule has 1 aliphatic heterocycles. The van der Waals surface area contributed by atoms with Gasteiger partial charge >= 0.3 is 0 Å². The third-order valence-corrected chi connectivity index (χ3v) is 11.5. The summed E-state index contributed by atoms with van der Waals surface area (Å²) in [6, 6.07) is -0.386. The quantitative estimate of drug-likeness (QED) is 0.512. The number of likely N-dealkylation sites (N-methyl/N-ethyl adjacent to an activating group) is 1. The summed E-state index contributed by atoms with van der Waals surface area (Å²) in [6.45, 7) is 4.18. The van der Waals surface area contributed by atoms with Crippen LogP contribution in [0.1, 0.15) is 32.6 Å². The van der Waals surface area contributed by atoms with Crippen molar-refractivity contribution in [1.82, 2.24) is 4.90 Å². The zero-order valence-corrected chi connectivity index (χ0v) is 20.6. The molecular formula is C25H41NO7. The van der Waals surface area contributed by atoms with Crippen molar-refractivity contribution in [2.45, 2.75) is 74.3 Å². The maximum Gasteiger partial charge on any atom is 0.136 e. The molecule has 5 saturated carbocycles. The largest absolute Gasteiger partial charge is 0.392 e. The third kappa shape index (κ3) is 2.20. The second-order valence-electron chi connectivity index (χ2n) is 11.9. The fourth-order valence-corrected chi connectivity index (χ4v) is 11.0. The third-order valence-electron chi connectivity index (χ3n) is 11.5. The Balaban J connectivity index is 1.67. The Morgan fingerprint density at radius 3 is 2.42 bits per heavy atom. The number of rotatable bonds is 6. The Kier molecular flexibility index (Phi) is 4.99. The number of piperidine rings is 1. The van der Waals surface area contributed by atoms with Crippen LogP contribution in [0.3, 0.4) is 0 Å². The van der Waals surface area contributed by atoms with E-state index in [2.05, 4.69) is 11.8 Å². The Labute approximate surface area is 196 Å². The van der Waals surface area contributed by atoms with E-state index in [4.69, 9.17) is 18.9 Å². The fraction of sp³-hybridized carbons (Fsp3) is 1.00. The molecule has 13 atom stereocenters. The van der Waals surface area contributed by atoms with Crippen molar-refractivity contribution in [1.29, 1.82) is 0 Å². The number of nitrogens with zero attached hydrogens (tertiary/aromatic N) is 1. The number of hydrogen-bond acceptors (Lipinski definition) is 8. The number of aliphatic hydroxyl groups excluding tert-OH is 1. The predicted octanol–water partition coefficient (Wildman–Crippen LogP) is 0.271. The summed E-state index contributed by atoms with van der Waals surface area (Å²) in [6.07, 6.45) is 1.06. The van der Waals surface area contributed by atoms with E-state index in [9.17, 15) is 15.3 Å². The topological polar surface area (TPSA) is 101 Å². The standard InChI is InChI=1S/C25H41NO7/c1-6-26-11-22(12-30-2)8-7-16(27)24-14-9-13-15(31-3)10-23(28,17(14)18(13)32-4)25(29,21(24)26)20(33-5)19(22)24/h13-21,27-29H,6-12H2,1-5H3/t13-,14-,15+,16+,17-,18+,19-,20+,21?,22+,23-,24+,25+/m0/s1. The van der Waals surface area contributed by atoms with Crippen molar-refractivity contribution in [3.63, 3.8) is 0 Å². The summed E-state index contributed by atoms with van der Waals surface area (Å²) in [4.78, 5) is 2.33. The van der Waals surface area contributed by atoms with Crippen LogP contribution in [0.15, 0.2) is 0 Å². The first-order chi connectivity index (χ1) is 15.8. The highest BCUT2D eigenvalue weighted by atomic mass is 16.5. The van der Waals surface area contributed by atoms with E-state index in [-0.39, 0.29) is 47.3 Å². The van der Waals surface area contributed by atoms with Gasteiger partial charge < -0.3 is 34.3 Å². The average molecular weight is 468 g/mol. The second kappa shape index (κ2) is 7.13. The van der Waals surface area contributed by atoms with Crippen LogP contribution in [0.2, 0.25) is 0 Å². The first-order valence-electron chi connectivity index (χ1n) is 12.7. The molecule has 33 heavy (non-hydrogen) atoms. The van der Waals surface area contributed by atoms with Gasteiger partial charge in [0.15, 0.2) is 0 Å². The first-order valence-corrected chi connectivity index (χ1v) is 12.7. The maximum absolute atomic E-state index is 12.9. The molecule has 6 rings (SSSR count). The predicted molar refractivity (Wildman–Crippen MR) is 119 cm³/mol. The van der Waals surface area contributed by atoms with Crippen LogP contribution >= 0.6 is 0 Å². The fourth-order valence-electron chi connectivity index (χ4n) is 11.0. The normalized spacial score (nSPS) is 60.9. The van der Waals surface area contributed by atoms with Gasteiger partial charge in [0.05, 0.1) is 37.1 Å². The molecule has 7 bridgehead atoms. The molecule has 6 fully saturated rings. The smallest absolute Gasteiger partial charge is 0.136 e. The molecule has 0 amide bonds. The van der Waals surface area contributed by atoms with Crippen LogP contribution in [0, 0.1) is 34.5 Å². The van der Waals surface area contributed by atoms with Crippen molar-refractivity contribution in [3.8, 4) is 0 Å². The van der Waals surface area contributed by atoms with E-state index in [1.807, 2.05) is 0 Å². The molecule has 0 aromatic carbocycles. The summed E-state index contributed by atoms with van der Waals surface area (Å²) in [5.74, 6) is -0.231. The molecule has 0 aromatic heterocycles. The monoisotopic (exact) mass is 467 g/mol. The van der Waals surface area contributed by atoms with E-state index in [1.54, 1.807) is 28.4 Å². The summed E-state index contributed by atoms with van der Waals surface area (Å²) in [5.41, 5.74) is -3.82. The van der Waals surface area contributed by atoms with Crippen molar-refractivity contribution in [2.75, 3.05) is 48.1 Å². The molecular weight excluding hydrogens is 426 g/mol. The van der Waals surface area contributed by atoms with Crippen molar-refractivity contribution < 1.29 is 34.3 Å². The number of ether oxygens (including phenoxy) is 4. The van der Waals surface area contributed by atoms with Crippen molar-refractivity contribution in [3.05, 3.63) is 0 Å². The van der Waals surface area contributed by atoms with Gasteiger partial charge in [-0.2, -0.15) is 0 Å². The number of aliphatic hydroxyl groups is 3. The summed E-state index contributed by atoms with van der Waals surface area (Å²) in [5, 5.41) is 37.6. The van der Waals surface area contributed by atoms with E-state index in [0.717, 1.165) is 25.9 Å². The van der Waals surface area contributed by atoms with E-state index >= 15 is 0 Å². The van der Waals surface area contributed by atoms with Gasteiger partial charge in [0, 0.05) is 70.0 Å². The van der Waals surface area contributed by atoms with Crippen LogP contribution in [0.5, 0.6) is 0 Å². The first kappa shape index (κ1) is 23.1. The Morgan fingerprint density at radius 2 is 1.82 bits per heavy atom. The molecule has 8 nitrogen and oxygen atoms in total. The number of methoxy groups -OCH3 is 4. The van der Waals surface area contributed by atoms with Crippen molar-refractivity contribution in [2.24, 2.45) is 34.5 Å². The minimum Gasteiger partial charge on any atom is -0.392 e. The second-order valence-corrected chi connectivity index (χ2v) is 11.9.